The summed E-state index contributed by atoms with van der Waals surface area (Å²) in [6.45, 7) is 1.22. The van der Waals surface area contributed by atoms with Crippen molar-refractivity contribution in [3.05, 3.63) is 126 Å². The molecule has 0 radical (unpaired) electrons. The van der Waals surface area contributed by atoms with Gasteiger partial charge in [0, 0.05) is 36.6 Å². The lowest BCUT2D eigenvalue weighted by Crippen LogP contribution is -2.30. The molecular weight excluding hydrogens is 430 g/mol. The number of nitrogens with zero attached hydrogens (tertiary/aromatic N) is 2. The van der Waals surface area contributed by atoms with Gasteiger partial charge in [-0.2, -0.15) is 0 Å². The van der Waals surface area contributed by atoms with Crippen molar-refractivity contribution in [2.24, 2.45) is 0 Å². The molecule has 0 atom stereocenters. The number of carbonyl (C=O) groups excluding carboxylic acids is 1. The van der Waals surface area contributed by atoms with Crippen molar-refractivity contribution in [2.75, 3.05) is 0 Å². The highest BCUT2D eigenvalue weighted by atomic mass is 16.2. The highest BCUT2D eigenvalue weighted by molar-refractivity contribution is 5.90. The minimum absolute atomic E-state index is 0.178. The number of nitrogens with one attached hydrogen (secondary N) is 1. The van der Waals surface area contributed by atoms with E-state index in [0.717, 1.165) is 40.9 Å². The first kappa shape index (κ1) is 22.6. The molecule has 0 saturated heterocycles. The lowest BCUT2D eigenvalue weighted by molar-refractivity contribution is -0.132. The molecule has 2 aromatic heterocycles. The maximum absolute atomic E-state index is 13.4. The summed E-state index contributed by atoms with van der Waals surface area (Å²) in [5.41, 5.74) is 6.59. The largest absolute Gasteiger partial charge is 0.353 e. The summed E-state index contributed by atoms with van der Waals surface area (Å²) in [5.74, 6) is 0.178. The van der Waals surface area contributed by atoms with E-state index in [4.69, 9.17) is 0 Å². The fraction of sp³-hybridized carbons (Fsp3) is 0.161. The minimum Gasteiger partial charge on any atom is -0.353 e. The van der Waals surface area contributed by atoms with Gasteiger partial charge in [0.15, 0.2) is 0 Å². The Balaban J connectivity index is 1.33. The van der Waals surface area contributed by atoms with Gasteiger partial charge in [0.25, 0.3) is 0 Å². The first-order chi connectivity index (χ1) is 17.3. The Hall–Kier alpha value is -4.18. The first-order valence-corrected chi connectivity index (χ1v) is 12.1. The Labute approximate surface area is 206 Å². The van der Waals surface area contributed by atoms with Crippen molar-refractivity contribution in [1.29, 1.82) is 0 Å². The molecule has 1 amide bonds. The second-order valence-corrected chi connectivity index (χ2v) is 8.81. The van der Waals surface area contributed by atoms with Crippen molar-refractivity contribution in [1.82, 2.24) is 14.9 Å². The van der Waals surface area contributed by atoms with Gasteiger partial charge in [0.1, 0.15) is 0 Å². The molecule has 0 unspecified atom stereocenters. The predicted octanol–water partition coefficient (Wildman–Crippen LogP) is 6.78. The number of amides is 1. The lowest BCUT2D eigenvalue weighted by atomic mass is 10.0. The van der Waals surface area contributed by atoms with Crippen LogP contribution >= 0.6 is 0 Å². The highest BCUT2D eigenvalue weighted by Crippen LogP contribution is 2.30. The van der Waals surface area contributed by atoms with Crippen LogP contribution < -0.4 is 0 Å². The molecule has 0 spiro atoms. The van der Waals surface area contributed by atoms with Gasteiger partial charge in [-0.15, -0.1) is 0 Å². The molecular formula is C31H29N3O. The number of hydrogen-bond donors (Lipinski definition) is 1. The number of para-hydroxylation sites is 1. The van der Waals surface area contributed by atoms with E-state index in [0.29, 0.717) is 19.5 Å². The van der Waals surface area contributed by atoms with Crippen LogP contribution in [0.2, 0.25) is 0 Å². The quantitative estimate of drug-likeness (QED) is 0.264. The smallest absolute Gasteiger partial charge is 0.223 e. The fourth-order valence-electron chi connectivity index (χ4n) is 4.60. The zero-order valence-corrected chi connectivity index (χ0v) is 19.7. The van der Waals surface area contributed by atoms with E-state index < -0.39 is 0 Å². The number of benzene rings is 3. The molecule has 3 aromatic carbocycles. The van der Waals surface area contributed by atoms with Crippen molar-refractivity contribution in [2.45, 2.75) is 32.4 Å². The Morgan fingerprint density at radius 2 is 1.37 bits per heavy atom. The lowest BCUT2D eigenvalue weighted by Gasteiger charge is -2.23. The van der Waals surface area contributed by atoms with Gasteiger partial charge in [-0.25, -0.2) is 0 Å². The van der Waals surface area contributed by atoms with Crippen molar-refractivity contribution in [3.8, 4) is 11.4 Å². The molecule has 174 valence electrons. The summed E-state index contributed by atoms with van der Waals surface area (Å²) >= 11 is 0. The topological polar surface area (TPSA) is 49.0 Å². The Bertz CT molecular complexity index is 1340. The van der Waals surface area contributed by atoms with Crippen LogP contribution in [0.15, 0.2) is 109 Å². The number of H-pyrrole nitrogens is 1. The third-order valence-electron chi connectivity index (χ3n) is 6.34. The van der Waals surface area contributed by atoms with Crippen LogP contribution in [0.4, 0.5) is 0 Å². The normalized spacial score (nSPS) is 11.0. The van der Waals surface area contributed by atoms with Crippen molar-refractivity contribution >= 4 is 16.8 Å². The van der Waals surface area contributed by atoms with Gasteiger partial charge in [-0.3, -0.25) is 9.78 Å². The molecule has 0 aliphatic rings. The van der Waals surface area contributed by atoms with E-state index >= 15 is 0 Å². The molecule has 0 bridgehead atoms. The van der Waals surface area contributed by atoms with E-state index in [2.05, 4.69) is 52.4 Å². The summed E-state index contributed by atoms with van der Waals surface area (Å²) in [7, 11) is 0. The van der Waals surface area contributed by atoms with Crippen molar-refractivity contribution < 1.29 is 4.79 Å². The maximum atomic E-state index is 13.4. The van der Waals surface area contributed by atoms with E-state index in [9.17, 15) is 4.79 Å². The Morgan fingerprint density at radius 3 is 2.03 bits per heavy atom. The number of pyridine rings is 1. The molecule has 5 aromatic rings. The highest BCUT2D eigenvalue weighted by Gasteiger charge is 2.17. The molecule has 35 heavy (non-hydrogen) atoms. The van der Waals surface area contributed by atoms with Gasteiger partial charge in [-0.05, 0) is 47.7 Å². The van der Waals surface area contributed by atoms with Crippen LogP contribution in [-0.2, 0) is 24.3 Å². The van der Waals surface area contributed by atoms with Gasteiger partial charge in [0.2, 0.25) is 5.91 Å². The second-order valence-electron chi connectivity index (χ2n) is 8.81. The molecule has 5 rings (SSSR count). The van der Waals surface area contributed by atoms with E-state index in [1.54, 1.807) is 0 Å². The Kier molecular flexibility index (Phi) is 7.00. The van der Waals surface area contributed by atoms with Gasteiger partial charge >= 0.3 is 0 Å². The predicted molar refractivity (Wildman–Crippen MR) is 142 cm³/mol. The average molecular weight is 460 g/mol. The number of aryl methyl sites for hydroxylation is 1. The number of rotatable bonds is 9. The zero-order chi connectivity index (χ0) is 23.9. The monoisotopic (exact) mass is 459 g/mol. The number of carbonyl (C=O) groups is 1. The van der Waals surface area contributed by atoms with Gasteiger partial charge in [0.05, 0.1) is 11.4 Å². The Morgan fingerprint density at radius 1 is 0.743 bits per heavy atom. The van der Waals surface area contributed by atoms with Crippen LogP contribution in [0.3, 0.4) is 0 Å². The van der Waals surface area contributed by atoms with Crippen LogP contribution in [0.5, 0.6) is 0 Å². The van der Waals surface area contributed by atoms with E-state index in [1.165, 1.54) is 10.9 Å². The summed E-state index contributed by atoms with van der Waals surface area (Å²) in [5, 5.41) is 1.20. The number of hydrogen-bond acceptors (Lipinski definition) is 2. The summed E-state index contributed by atoms with van der Waals surface area (Å²) in [6.07, 6.45) is 3.91. The average Bonchev–Trinajstić information content (AvgIpc) is 3.28. The molecule has 0 aliphatic carbocycles. The third kappa shape index (κ3) is 5.49. The summed E-state index contributed by atoms with van der Waals surface area (Å²) in [6, 6.07) is 34.7. The van der Waals surface area contributed by atoms with Crippen LogP contribution in [0.25, 0.3) is 22.3 Å². The molecule has 0 fully saturated rings. The van der Waals surface area contributed by atoms with E-state index in [1.807, 2.05) is 71.8 Å². The van der Waals surface area contributed by atoms with Crippen LogP contribution in [-0.4, -0.2) is 20.8 Å². The maximum Gasteiger partial charge on any atom is 0.223 e. The minimum atomic E-state index is 0.178. The van der Waals surface area contributed by atoms with E-state index in [-0.39, 0.29) is 5.91 Å². The van der Waals surface area contributed by atoms with Crippen LogP contribution in [0.1, 0.15) is 29.5 Å². The zero-order valence-electron chi connectivity index (χ0n) is 19.7. The first-order valence-electron chi connectivity index (χ1n) is 12.1. The summed E-state index contributed by atoms with van der Waals surface area (Å²) in [4.78, 5) is 23.5. The molecule has 1 N–H and O–H groups in total. The van der Waals surface area contributed by atoms with Crippen LogP contribution in [0, 0.1) is 0 Å². The van der Waals surface area contributed by atoms with Gasteiger partial charge in [-0.1, -0.05) is 84.9 Å². The number of aromatic nitrogens is 2. The number of fused-ring (bicyclic) bond motifs is 1. The molecule has 0 aliphatic heterocycles. The standard InChI is InChI=1S/C31H29N3O/c35-30(34(22-24-12-3-1-4-13-24)23-25-14-5-2-6-15-25)20-11-17-27-26-16-7-8-18-28(26)33-31(27)29-19-9-10-21-32-29/h1-10,12-16,18-19,21,33H,11,17,20,22-23H2. The molecule has 4 nitrogen and oxygen atoms in total. The second kappa shape index (κ2) is 10.8. The molecule has 2 heterocycles. The SMILES string of the molecule is O=C(CCCc1c(-c2ccccn2)[nH]c2ccccc12)N(Cc1ccccc1)Cc1ccccc1. The van der Waals surface area contributed by atoms with Crippen molar-refractivity contribution in [3.63, 3.8) is 0 Å². The molecule has 4 heteroatoms. The molecule has 0 saturated carbocycles. The third-order valence-corrected chi connectivity index (χ3v) is 6.34. The number of aromatic amines is 1. The summed E-state index contributed by atoms with van der Waals surface area (Å²) < 4.78 is 0. The fourth-order valence-corrected chi connectivity index (χ4v) is 4.60. The van der Waals surface area contributed by atoms with Gasteiger partial charge < -0.3 is 9.88 Å².